The normalized spacial score (nSPS) is 10.5. The minimum Gasteiger partial charge on any atom is -0.352 e. The highest BCUT2D eigenvalue weighted by Crippen LogP contribution is 2.22. The number of aryl methyl sites for hydroxylation is 1. The molecule has 2 rings (SSSR count). The summed E-state index contributed by atoms with van der Waals surface area (Å²) in [7, 11) is 0. The standard InChI is InChI=1S/C15H16BrClN2/c1-3-19(10-12-4-6-14(17)7-5-12)15-11(2)8-13(16)9-18-15/h4-9H,3,10H2,1-2H3. The molecule has 0 N–H and O–H groups in total. The van der Waals surface area contributed by atoms with E-state index in [1.165, 1.54) is 11.1 Å². The van der Waals surface area contributed by atoms with Gasteiger partial charge in [-0.2, -0.15) is 0 Å². The number of halogens is 2. The van der Waals surface area contributed by atoms with Crippen LogP contribution in [0, 0.1) is 6.92 Å². The van der Waals surface area contributed by atoms with Crippen molar-refractivity contribution in [3.8, 4) is 0 Å². The molecular formula is C15H16BrClN2. The Hall–Kier alpha value is -1.06. The first kappa shape index (κ1) is 14.4. The van der Waals surface area contributed by atoms with E-state index < -0.39 is 0 Å². The van der Waals surface area contributed by atoms with Gasteiger partial charge in [-0.3, -0.25) is 0 Å². The number of hydrogen-bond acceptors (Lipinski definition) is 2. The molecule has 0 atom stereocenters. The molecule has 100 valence electrons. The average Bonchev–Trinajstić information content (AvgIpc) is 2.39. The van der Waals surface area contributed by atoms with Crippen molar-refractivity contribution in [1.82, 2.24) is 4.98 Å². The van der Waals surface area contributed by atoms with E-state index in [2.05, 4.69) is 57.9 Å². The number of hydrogen-bond donors (Lipinski definition) is 0. The van der Waals surface area contributed by atoms with Gasteiger partial charge in [-0.1, -0.05) is 23.7 Å². The minimum absolute atomic E-state index is 0.768. The molecule has 0 aliphatic rings. The summed E-state index contributed by atoms with van der Waals surface area (Å²) in [6.07, 6.45) is 1.84. The number of anilines is 1. The van der Waals surface area contributed by atoms with E-state index in [4.69, 9.17) is 11.6 Å². The molecule has 2 nitrogen and oxygen atoms in total. The van der Waals surface area contributed by atoms with Gasteiger partial charge in [0.15, 0.2) is 0 Å². The maximum absolute atomic E-state index is 5.91. The van der Waals surface area contributed by atoms with Crippen LogP contribution in [0.2, 0.25) is 5.02 Å². The predicted octanol–water partition coefficient (Wildman–Crippen LogP) is 4.83. The van der Waals surface area contributed by atoms with E-state index in [0.717, 1.165) is 28.4 Å². The van der Waals surface area contributed by atoms with E-state index in [1.807, 2.05) is 18.3 Å². The summed E-state index contributed by atoms with van der Waals surface area (Å²) < 4.78 is 1.01. The molecule has 0 unspecified atom stereocenters. The lowest BCUT2D eigenvalue weighted by atomic mass is 10.2. The molecule has 4 heteroatoms. The van der Waals surface area contributed by atoms with Gasteiger partial charge in [0.05, 0.1) is 0 Å². The monoisotopic (exact) mass is 338 g/mol. The van der Waals surface area contributed by atoms with E-state index >= 15 is 0 Å². The largest absolute Gasteiger partial charge is 0.352 e. The van der Waals surface area contributed by atoms with Crippen LogP contribution in [0.3, 0.4) is 0 Å². The Balaban J connectivity index is 2.22. The van der Waals surface area contributed by atoms with Crippen LogP contribution in [-0.2, 0) is 6.54 Å². The van der Waals surface area contributed by atoms with E-state index in [0.29, 0.717) is 0 Å². The lowest BCUT2D eigenvalue weighted by Gasteiger charge is -2.24. The SMILES string of the molecule is CCN(Cc1ccc(Cl)cc1)c1ncc(Br)cc1C. The van der Waals surface area contributed by atoms with E-state index in [9.17, 15) is 0 Å². The topological polar surface area (TPSA) is 16.1 Å². The summed E-state index contributed by atoms with van der Waals surface area (Å²) in [4.78, 5) is 6.77. The van der Waals surface area contributed by atoms with Crippen LogP contribution < -0.4 is 4.90 Å². The molecule has 1 aromatic carbocycles. The second-order valence-electron chi connectivity index (χ2n) is 4.43. The predicted molar refractivity (Wildman–Crippen MR) is 84.9 cm³/mol. The van der Waals surface area contributed by atoms with Gasteiger partial charge in [-0.05, 0) is 59.1 Å². The number of benzene rings is 1. The van der Waals surface area contributed by atoms with Crippen molar-refractivity contribution in [1.29, 1.82) is 0 Å². The molecular weight excluding hydrogens is 324 g/mol. The Labute approximate surface area is 127 Å². The van der Waals surface area contributed by atoms with Gasteiger partial charge in [0.1, 0.15) is 5.82 Å². The molecule has 0 saturated carbocycles. The van der Waals surface area contributed by atoms with Gasteiger partial charge in [0, 0.05) is 28.8 Å². The zero-order valence-corrected chi connectivity index (χ0v) is 13.4. The first-order valence-electron chi connectivity index (χ1n) is 6.21. The van der Waals surface area contributed by atoms with Crippen molar-refractivity contribution in [2.24, 2.45) is 0 Å². The molecule has 0 aliphatic heterocycles. The lowest BCUT2D eigenvalue weighted by molar-refractivity contribution is 0.808. The van der Waals surface area contributed by atoms with E-state index in [1.54, 1.807) is 0 Å². The highest BCUT2D eigenvalue weighted by Gasteiger charge is 2.10. The summed E-state index contributed by atoms with van der Waals surface area (Å²) in [6, 6.07) is 10.0. The summed E-state index contributed by atoms with van der Waals surface area (Å²) in [6.45, 7) is 5.97. The molecule has 0 amide bonds. The highest BCUT2D eigenvalue weighted by molar-refractivity contribution is 9.10. The summed E-state index contributed by atoms with van der Waals surface area (Å²) >= 11 is 9.36. The average molecular weight is 340 g/mol. The number of pyridine rings is 1. The highest BCUT2D eigenvalue weighted by atomic mass is 79.9. The first-order valence-corrected chi connectivity index (χ1v) is 7.38. The second-order valence-corrected chi connectivity index (χ2v) is 5.79. The smallest absolute Gasteiger partial charge is 0.131 e. The third-order valence-corrected chi connectivity index (χ3v) is 3.67. The Bertz CT molecular complexity index is 555. The van der Waals surface area contributed by atoms with Gasteiger partial charge in [0.25, 0.3) is 0 Å². The van der Waals surface area contributed by atoms with Crippen molar-refractivity contribution in [2.45, 2.75) is 20.4 Å². The zero-order chi connectivity index (χ0) is 13.8. The molecule has 1 aromatic heterocycles. The van der Waals surface area contributed by atoms with Crippen molar-refractivity contribution in [2.75, 3.05) is 11.4 Å². The quantitative estimate of drug-likeness (QED) is 0.793. The number of aromatic nitrogens is 1. The maximum Gasteiger partial charge on any atom is 0.131 e. The van der Waals surface area contributed by atoms with Gasteiger partial charge in [-0.25, -0.2) is 4.98 Å². The van der Waals surface area contributed by atoms with Crippen LogP contribution in [0.25, 0.3) is 0 Å². The summed E-state index contributed by atoms with van der Waals surface area (Å²) in [5.41, 5.74) is 2.40. The molecule has 0 aliphatic carbocycles. The van der Waals surface area contributed by atoms with Crippen LogP contribution >= 0.6 is 27.5 Å². The minimum atomic E-state index is 0.768. The van der Waals surface area contributed by atoms with Gasteiger partial charge in [0.2, 0.25) is 0 Å². The number of nitrogens with zero attached hydrogens (tertiary/aromatic N) is 2. The van der Waals surface area contributed by atoms with Crippen LogP contribution in [0.1, 0.15) is 18.1 Å². The maximum atomic E-state index is 5.91. The molecule has 0 fully saturated rings. The fourth-order valence-corrected chi connectivity index (χ4v) is 2.58. The van der Waals surface area contributed by atoms with Crippen LogP contribution in [0.15, 0.2) is 41.0 Å². The van der Waals surface area contributed by atoms with Gasteiger partial charge >= 0.3 is 0 Å². The van der Waals surface area contributed by atoms with Gasteiger partial charge in [-0.15, -0.1) is 0 Å². The second kappa shape index (κ2) is 6.40. The number of rotatable bonds is 4. The molecule has 0 saturated heterocycles. The molecule has 0 spiro atoms. The van der Waals surface area contributed by atoms with Crippen molar-refractivity contribution in [3.63, 3.8) is 0 Å². The van der Waals surface area contributed by atoms with Crippen LogP contribution in [0.5, 0.6) is 0 Å². The zero-order valence-electron chi connectivity index (χ0n) is 11.0. The van der Waals surface area contributed by atoms with Crippen molar-refractivity contribution >= 4 is 33.3 Å². The van der Waals surface area contributed by atoms with Crippen molar-refractivity contribution in [3.05, 3.63) is 57.2 Å². The Morgan fingerprint density at radius 1 is 1.26 bits per heavy atom. The Morgan fingerprint density at radius 2 is 1.95 bits per heavy atom. The molecule has 0 radical (unpaired) electrons. The fraction of sp³-hybridized carbons (Fsp3) is 0.267. The molecule has 2 aromatic rings. The van der Waals surface area contributed by atoms with Crippen molar-refractivity contribution < 1.29 is 0 Å². The lowest BCUT2D eigenvalue weighted by Crippen LogP contribution is -2.23. The summed E-state index contributed by atoms with van der Waals surface area (Å²) in [5.74, 6) is 1.03. The van der Waals surface area contributed by atoms with E-state index in [-0.39, 0.29) is 0 Å². The molecule has 1 heterocycles. The van der Waals surface area contributed by atoms with Crippen LogP contribution in [-0.4, -0.2) is 11.5 Å². The summed E-state index contributed by atoms with van der Waals surface area (Å²) in [5, 5.41) is 0.768. The molecule has 0 bridgehead atoms. The first-order chi connectivity index (χ1) is 9.10. The third kappa shape index (κ3) is 3.71. The van der Waals surface area contributed by atoms with Gasteiger partial charge < -0.3 is 4.90 Å². The van der Waals surface area contributed by atoms with Crippen LogP contribution in [0.4, 0.5) is 5.82 Å². The molecule has 19 heavy (non-hydrogen) atoms. The third-order valence-electron chi connectivity index (χ3n) is 2.99. The fourth-order valence-electron chi connectivity index (χ4n) is 2.01. The Kier molecular flexibility index (Phi) is 4.83. The Morgan fingerprint density at radius 3 is 2.53 bits per heavy atom.